The van der Waals surface area contributed by atoms with Gasteiger partial charge in [-0.25, -0.2) is 9.97 Å². The number of hydrogen-bond donors (Lipinski definition) is 2. The number of anilines is 1. The number of aromatic nitrogens is 2. The van der Waals surface area contributed by atoms with E-state index in [4.69, 9.17) is 19.9 Å². The topological polar surface area (TPSA) is 109 Å². The lowest BCUT2D eigenvalue weighted by molar-refractivity contribution is -0.126. The molecule has 2 aliphatic rings. The minimum absolute atomic E-state index is 0.0500. The maximum Gasteiger partial charge on any atom is 0.243 e. The van der Waals surface area contributed by atoms with Gasteiger partial charge in [0.05, 0.1) is 24.9 Å². The molecule has 0 spiro atoms. The standard InChI is InChI=1S/C16H24N4O4/c1-16(2,3)11-4-5-18-15(20-11)19-9-6-23-14-10(7-24-13(9)14)22-8-12(17)21/h4-5,9-10,13-14H,6-8H2,1-3H3,(H2,17,21)(H,18,19,20). The molecule has 3 N–H and O–H groups in total. The van der Waals surface area contributed by atoms with E-state index in [9.17, 15) is 4.79 Å². The molecule has 0 radical (unpaired) electrons. The molecule has 3 heterocycles. The summed E-state index contributed by atoms with van der Waals surface area (Å²) in [4.78, 5) is 19.7. The summed E-state index contributed by atoms with van der Waals surface area (Å²) in [5.41, 5.74) is 6.03. The highest BCUT2D eigenvalue weighted by Gasteiger charge is 2.48. The second kappa shape index (κ2) is 6.62. The number of hydrogen-bond acceptors (Lipinski definition) is 7. The van der Waals surface area contributed by atoms with Crippen molar-refractivity contribution in [3.63, 3.8) is 0 Å². The summed E-state index contributed by atoms with van der Waals surface area (Å²) in [5.74, 6) is 0.0558. The minimum Gasteiger partial charge on any atom is -0.370 e. The Balaban J connectivity index is 1.63. The zero-order valence-electron chi connectivity index (χ0n) is 14.2. The van der Waals surface area contributed by atoms with Gasteiger partial charge in [0, 0.05) is 11.6 Å². The summed E-state index contributed by atoms with van der Waals surface area (Å²) in [5, 5.41) is 3.29. The molecule has 132 valence electrons. The zero-order valence-corrected chi connectivity index (χ0v) is 14.2. The fourth-order valence-electron chi connectivity index (χ4n) is 2.93. The first-order valence-electron chi connectivity index (χ1n) is 8.08. The van der Waals surface area contributed by atoms with Gasteiger partial charge in [-0.3, -0.25) is 4.79 Å². The molecule has 24 heavy (non-hydrogen) atoms. The summed E-state index contributed by atoms with van der Waals surface area (Å²) in [7, 11) is 0. The van der Waals surface area contributed by atoms with Crippen molar-refractivity contribution in [2.24, 2.45) is 5.73 Å². The van der Waals surface area contributed by atoms with Crippen LogP contribution in [0.2, 0.25) is 0 Å². The SMILES string of the molecule is CC(C)(C)c1ccnc(NC2COC3C(OCC(N)=O)COC23)n1. The number of nitrogens with one attached hydrogen (secondary N) is 1. The summed E-state index contributed by atoms with van der Waals surface area (Å²) in [6.07, 6.45) is 1.09. The molecule has 8 heteroatoms. The first-order valence-corrected chi connectivity index (χ1v) is 8.08. The number of amides is 1. The fourth-order valence-corrected chi connectivity index (χ4v) is 2.93. The Hall–Kier alpha value is -1.77. The number of carbonyl (C=O) groups is 1. The van der Waals surface area contributed by atoms with E-state index in [0.29, 0.717) is 19.2 Å². The van der Waals surface area contributed by atoms with Crippen molar-refractivity contribution >= 4 is 11.9 Å². The zero-order chi connectivity index (χ0) is 17.3. The lowest BCUT2D eigenvalue weighted by atomic mass is 9.92. The number of fused-ring (bicyclic) bond motifs is 1. The molecule has 8 nitrogen and oxygen atoms in total. The van der Waals surface area contributed by atoms with E-state index in [2.05, 4.69) is 36.1 Å². The van der Waals surface area contributed by atoms with Gasteiger partial charge >= 0.3 is 0 Å². The van der Waals surface area contributed by atoms with E-state index in [1.54, 1.807) is 6.20 Å². The third-order valence-corrected chi connectivity index (χ3v) is 4.19. The lowest BCUT2D eigenvalue weighted by Gasteiger charge is -2.20. The Morgan fingerprint density at radius 2 is 2.12 bits per heavy atom. The van der Waals surface area contributed by atoms with Crippen LogP contribution in [0.5, 0.6) is 0 Å². The van der Waals surface area contributed by atoms with E-state index < -0.39 is 5.91 Å². The summed E-state index contributed by atoms with van der Waals surface area (Å²) >= 11 is 0. The predicted molar refractivity (Wildman–Crippen MR) is 86.6 cm³/mol. The van der Waals surface area contributed by atoms with Crippen LogP contribution in [-0.4, -0.2) is 60.0 Å². The largest absolute Gasteiger partial charge is 0.370 e. The fraction of sp³-hybridized carbons (Fsp3) is 0.688. The summed E-state index contributed by atoms with van der Waals surface area (Å²) in [6, 6.07) is 1.85. The van der Waals surface area contributed by atoms with Crippen LogP contribution in [0, 0.1) is 0 Å². The maximum atomic E-state index is 10.9. The normalized spacial score (nSPS) is 29.5. The number of carbonyl (C=O) groups excluding carboxylic acids is 1. The van der Waals surface area contributed by atoms with E-state index in [-0.39, 0.29) is 36.4 Å². The van der Waals surface area contributed by atoms with Gasteiger partial charge in [-0.2, -0.15) is 0 Å². The van der Waals surface area contributed by atoms with Crippen LogP contribution in [0.15, 0.2) is 12.3 Å². The third kappa shape index (κ3) is 3.66. The van der Waals surface area contributed by atoms with Crippen LogP contribution in [0.4, 0.5) is 5.95 Å². The Kier molecular flexibility index (Phi) is 4.71. The average Bonchev–Trinajstić information content (AvgIpc) is 3.08. The Bertz CT molecular complexity index is 604. The van der Waals surface area contributed by atoms with Crippen LogP contribution < -0.4 is 11.1 Å². The molecule has 0 saturated carbocycles. The van der Waals surface area contributed by atoms with Gasteiger partial charge in [0.2, 0.25) is 11.9 Å². The molecule has 3 rings (SSSR count). The van der Waals surface area contributed by atoms with Crippen LogP contribution in [-0.2, 0) is 24.4 Å². The van der Waals surface area contributed by atoms with Crippen molar-refractivity contribution in [3.8, 4) is 0 Å². The number of ether oxygens (including phenoxy) is 3. The van der Waals surface area contributed by atoms with Gasteiger partial charge in [-0.1, -0.05) is 20.8 Å². The van der Waals surface area contributed by atoms with Crippen molar-refractivity contribution in [2.45, 2.75) is 50.5 Å². The molecule has 2 fully saturated rings. The minimum atomic E-state index is -0.501. The summed E-state index contributed by atoms with van der Waals surface area (Å²) in [6.45, 7) is 7.03. The molecule has 4 unspecified atom stereocenters. The molecule has 1 amide bonds. The van der Waals surface area contributed by atoms with Gasteiger partial charge in [0.1, 0.15) is 24.9 Å². The van der Waals surface area contributed by atoms with Crippen LogP contribution in [0.3, 0.4) is 0 Å². The number of nitrogens with two attached hydrogens (primary N) is 1. The first-order chi connectivity index (χ1) is 11.3. The van der Waals surface area contributed by atoms with Gasteiger partial charge in [-0.05, 0) is 6.07 Å². The Morgan fingerprint density at radius 3 is 2.83 bits per heavy atom. The molecule has 2 aliphatic heterocycles. The van der Waals surface area contributed by atoms with E-state index in [1.807, 2.05) is 6.07 Å². The molecule has 0 bridgehead atoms. The monoisotopic (exact) mass is 336 g/mol. The van der Waals surface area contributed by atoms with Crippen LogP contribution >= 0.6 is 0 Å². The number of rotatable bonds is 5. The van der Waals surface area contributed by atoms with E-state index in [1.165, 1.54) is 0 Å². The molecular weight excluding hydrogens is 312 g/mol. The van der Waals surface area contributed by atoms with Gasteiger partial charge in [0.15, 0.2) is 0 Å². The van der Waals surface area contributed by atoms with Gasteiger partial charge < -0.3 is 25.3 Å². The number of nitrogens with zero attached hydrogens (tertiary/aromatic N) is 2. The van der Waals surface area contributed by atoms with Crippen molar-refractivity contribution in [2.75, 3.05) is 25.1 Å². The van der Waals surface area contributed by atoms with Crippen molar-refractivity contribution in [1.82, 2.24) is 9.97 Å². The smallest absolute Gasteiger partial charge is 0.243 e. The highest BCUT2D eigenvalue weighted by Crippen LogP contribution is 2.30. The predicted octanol–water partition coefficient (Wildman–Crippen LogP) is 0.223. The third-order valence-electron chi connectivity index (χ3n) is 4.19. The maximum absolute atomic E-state index is 10.9. The summed E-state index contributed by atoms with van der Waals surface area (Å²) < 4.78 is 17.0. The molecule has 0 aliphatic carbocycles. The highest BCUT2D eigenvalue weighted by molar-refractivity contribution is 5.75. The highest BCUT2D eigenvalue weighted by atomic mass is 16.6. The van der Waals surface area contributed by atoms with E-state index >= 15 is 0 Å². The second-order valence-corrected chi connectivity index (χ2v) is 7.18. The molecule has 1 aromatic heterocycles. The average molecular weight is 336 g/mol. The molecule has 2 saturated heterocycles. The van der Waals surface area contributed by atoms with Crippen LogP contribution in [0.25, 0.3) is 0 Å². The molecular formula is C16H24N4O4. The van der Waals surface area contributed by atoms with Crippen LogP contribution in [0.1, 0.15) is 26.5 Å². The van der Waals surface area contributed by atoms with Gasteiger partial charge in [-0.15, -0.1) is 0 Å². The number of primary amides is 1. The Morgan fingerprint density at radius 1 is 1.38 bits per heavy atom. The Labute approximate surface area is 141 Å². The van der Waals surface area contributed by atoms with Crippen molar-refractivity contribution < 1.29 is 19.0 Å². The van der Waals surface area contributed by atoms with Crippen molar-refractivity contribution in [3.05, 3.63) is 18.0 Å². The molecule has 4 atom stereocenters. The van der Waals surface area contributed by atoms with Crippen molar-refractivity contribution in [1.29, 1.82) is 0 Å². The first kappa shape index (κ1) is 17.1. The quantitative estimate of drug-likeness (QED) is 0.792. The molecule has 0 aromatic carbocycles. The van der Waals surface area contributed by atoms with E-state index in [0.717, 1.165) is 5.69 Å². The lowest BCUT2D eigenvalue weighted by Crippen LogP contribution is -2.37. The molecule has 1 aromatic rings. The van der Waals surface area contributed by atoms with Gasteiger partial charge in [0.25, 0.3) is 0 Å². The second-order valence-electron chi connectivity index (χ2n) is 7.18.